The van der Waals surface area contributed by atoms with Crippen molar-refractivity contribution in [2.45, 2.75) is 64.4 Å². The zero-order valence-corrected chi connectivity index (χ0v) is 13.3. The van der Waals surface area contributed by atoms with Gasteiger partial charge in [0.15, 0.2) is 0 Å². The second-order valence-electron chi connectivity index (χ2n) is 6.63. The molecule has 0 aromatic carbocycles. The molecule has 0 fully saturated rings. The number of nitrogens with one attached hydrogen (secondary N) is 2. The number of hydrogen-bond acceptors (Lipinski definition) is 3. The van der Waals surface area contributed by atoms with Gasteiger partial charge in [-0.3, -0.25) is 0 Å². The fourth-order valence-corrected chi connectivity index (χ4v) is 2.04. The van der Waals surface area contributed by atoms with Crippen LogP contribution in [0.15, 0.2) is 11.8 Å². The van der Waals surface area contributed by atoms with Gasteiger partial charge in [-0.25, -0.2) is 9.00 Å². The summed E-state index contributed by atoms with van der Waals surface area (Å²) in [6, 6.07) is -0.0469. The normalized spacial score (nSPS) is 20.9. The van der Waals surface area contributed by atoms with Gasteiger partial charge < -0.3 is 14.8 Å². The van der Waals surface area contributed by atoms with Crippen molar-refractivity contribution < 1.29 is 13.7 Å². The molecular formula is C13H24N2O3S. The quantitative estimate of drug-likeness (QED) is 0.836. The summed E-state index contributed by atoms with van der Waals surface area (Å²) in [7, 11) is -1.12. The van der Waals surface area contributed by atoms with Crippen LogP contribution in [0.5, 0.6) is 0 Å². The largest absolute Gasteiger partial charge is 0.444 e. The summed E-state index contributed by atoms with van der Waals surface area (Å²) in [5, 5.41) is 2.74. The summed E-state index contributed by atoms with van der Waals surface area (Å²) in [5.41, 5.74) is 0.404. The van der Waals surface area contributed by atoms with Crippen LogP contribution in [0.4, 0.5) is 4.79 Å². The molecule has 19 heavy (non-hydrogen) atoms. The van der Waals surface area contributed by atoms with Crippen LogP contribution in [-0.4, -0.2) is 26.7 Å². The average Bonchev–Trinajstić information content (AvgIpc) is 2.09. The van der Waals surface area contributed by atoms with Gasteiger partial charge in [0, 0.05) is 12.1 Å². The van der Waals surface area contributed by atoms with E-state index in [1.165, 1.54) is 0 Å². The minimum atomic E-state index is -1.12. The van der Waals surface area contributed by atoms with Gasteiger partial charge in [0.1, 0.15) is 16.6 Å². The van der Waals surface area contributed by atoms with Gasteiger partial charge in [-0.15, -0.1) is 0 Å². The number of ether oxygens (including phenoxy) is 1. The Bertz CT molecular complexity index is 405. The van der Waals surface area contributed by atoms with Crippen LogP contribution >= 0.6 is 0 Å². The van der Waals surface area contributed by atoms with E-state index < -0.39 is 22.7 Å². The van der Waals surface area contributed by atoms with Crippen LogP contribution in [0.2, 0.25) is 0 Å². The Morgan fingerprint density at radius 1 is 1.32 bits per heavy atom. The molecule has 6 heteroatoms. The van der Waals surface area contributed by atoms with Crippen molar-refractivity contribution in [3.8, 4) is 0 Å². The molecule has 0 saturated carbocycles. The highest BCUT2D eigenvalue weighted by Crippen LogP contribution is 2.20. The molecule has 0 heterocycles. The van der Waals surface area contributed by atoms with Crippen LogP contribution in [0.25, 0.3) is 0 Å². The predicted molar refractivity (Wildman–Crippen MR) is 76.9 cm³/mol. The van der Waals surface area contributed by atoms with Crippen LogP contribution in [0, 0.1) is 0 Å². The van der Waals surface area contributed by atoms with E-state index in [1.807, 2.05) is 47.6 Å². The summed E-state index contributed by atoms with van der Waals surface area (Å²) in [6.45, 7) is 11.2. The minimum Gasteiger partial charge on any atom is -0.444 e. The molecule has 0 aromatic rings. The highest BCUT2D eigenvalue weighted by molar-refractivity contribution is 7.84. The zero-order chi connectivity index (χ0) is 14.8. The third-order valence-electron chi connectivity index (χ3n) is 2.32. The Morgan fingerprint density at radius 2 is 1.84 bits per heavy atom. The van der Waals surface area contributed by atoms with Gasteiger partial charge in [0.2, 0.25) is 0 Å². The molecule has 0 aliphatic heterocycles. The summed E-state index contributed by atoms with van der Waals surface area (Å²) < 4.78 is 19.6. The third kappa shape index (κ3) is 5.63. The molecule has 110 valence electrons. The van der Waals surface area contributed by atoms with E-state index >= 15 is 0 Å². The minimum absolute atomic E-state index is 0.0469. The molecule has 2 unspecified atom stereocenters. The van der Waals surface area contributed by atoms with E-state index in [2.05, 4.69) is 10.0 Å². The molecule has 2 atom stereocenters. The molecule has 2 N–H and O–H groups in total. The van der Waals surface area contributed by atoms with Gasteiger partial charge in [-0.1, -0.05) is 0 Å². The lowest BCUT2D eigenvalue weighted by Gasteiger charge is -2.30. The molecule has 1 amide bonds. The van der Waals surface area contributed by atoms with Crippen molar-refractivity contribution in [3.63, 3.8) is 0 Å². The maximum atomic E-state index is 11.8. The first-order chi connectivity index (χ1) is 8.47. The molecular weight excluding hydrogens is 264 g/mol. The summed E-state index contributed by atoms with van der Waals surface area (Å²) in [4.78, 5) is 11.5. The van der Waals surface area contributed by atoms with Crippen molar-refractivity contribution in [2.75, 3.05) is 0 Å². The topological polar surface area (TPSA) is 67.4 Å². The lowest BCUT2D eigenvalue weighted by Crippen LogP contribution is -2.44. The summed E-state index contributed by atoms with van der Waals surface area (Å²) >= 11 is 0. The van der Waals surface area contributed by atoms with Crippen molar-refractivity contribution in [2.24, 2.45) is 0 Å². The second-order valence-corrected chi connectivity index (χ2v) is 8.60. The number of hydrogen-bond donors (Lipinski definition) is 2. The van der Waals surface area contributed by atoms with Crippen LogP contribution < -0.4 is 10.0 Å². The Morgan fingerprint density at radius 3 is 2.26 bits per heavy atom. The van der Waals surface area contributed by atoms with Gasteiger partial charge in [-0.2, -0.15) is 0 Å². The SMILES string of the molecule is CC(C)(C)OC(=O)NC1C=C(NS(=O)C(C)(C)C)C1. The van der Waals surface area contributed by atoms with Crippen molar-refractivity contribution >= 4 is 17.1 Å². The van der Waals surface area contributed by atoms with Crippen molar-refractivity contribution in [1.29, 1.82) is 0 Å². The fraction of sp³-hybridized carbons (Fsp3) is 0.769. The highest BCUT2D eigenvalue weighted by Gasteiger charge is 2.27. The van der Waals surface area contributed by atoms with Crippen LogP contribution in [-0.2, 0) is 15.7 Å². The van der Waals surface area contributed by atoms with Gasteiger partial charge in [0.05, 0.1) is 10.8 Å². The number of amides is 1. The van der Waals surface area contributed by atoms with E-state index in [9.17, 15) is 9.00 Å². The van der Waals surface area contributed by atoms with Crippen molar-refractivity contribution in [1.82, 2.24) is 10.0 Å². The predicted octanol–water partition coefficient (Wildman–Crippen LogP) is 2.22. The lowest BCUT2D eigenvalue weighted by molar-refractivity contribution is 0.0510. The first-order valence-corrected chi connectivity index (χ1v) is 7.51. The van der Waals surface area contributed by atoms with Crippen LogP contribution in [0.3, 0.4) is 0 Å². The molecule has 0 saturated heterocycles. The first kappa shape index (κ1) is 16.0. The standard InChI is InChI=1S/C13H24N2O3S/c1-12(2,3)18-11(16)14-9-7-10(8-9)15-19(17)13(4,5)6/h7,9,15H,8H2,1-6H3,(H,14,16). The highest BCUT2D eigenvalue weighted by atomic mass is 32.2. The molecule has 1 rings (SSSR count). The molecule has 5 nitrogen and oxygen atoms in total. The molecule has 0 aromatic heterocycles. The van der Waals surface area contributed by atoms with E-state index in [0.717, 1.165) is 5.70 Å². The van der Waals surface area contributed by atoms with E-state index in [-0.39, 0.29) is 10.8 Å². The first-order valence-electron chi connectivity index (χ1n) is 6.36. The Hall–Kier alpha value is -1.04. The number of carbonyl (C=O) groups excluding carboxylic acids is 1. The maximum Gasteiger partial charge on any atom is 0.408 e. The fourth-order valence-electron chi connectivity index (χ4n) is 1.35. The van der Waals surface area contributed by atoms with Gasteiger partial charge in [-0.05, 0) is 47.6 Å². The Labute approximate surface area is 117 Å². The van der Waals surface area contributed by atoms with E-state index in [4.69, 9.17) is 4.74 Å². The number of alkyl carbamates (subject to hydrolysis) is 1. The monoisotopic (exact) mass is 288 g/mol. The Balaban J connectivity index is 2.37. The Kier molecular flexibility index (Phi) is 4.66. The lowest BCUT2D eigenvalue weighted by atomic mass is 10.0. The third-order valence-corrected chi connectivity index (χ3v) is 3.88. The molecule has 1 aliphatic rings. The average molecular weight is 288 g/mol. The van der Waals surface area contributed by atoms with Crippen molar-refractivity contribution in [3.05, 3.63) is 11.8 Å². The molecule has 0 bridgehead atoms. The zero-order valence-electron chi connectivity index (χ0n) is 12.5. The van der Waals surface area contributed by atoms with Gasteiger partial charge >= 0.3 is 6.09 Å². The molecule has 0 radical (unpaired) electrons. The number of rotatable bonds is 3. The summed E-state index contributed by atoms with van der Waals surface area (Å²) in [5.74, 6) is 0. The van der Waals surface area contributed by atoms with E-state index in [1.54, 1.807) is 0 Å². The smallest absolute Gasteiger partial charge is 0.408 e. The molecule has 0 spiro atoms. The number of carbonyl (C=O) groups is 1. The molecule has 1 aliphatic carbocycles. The second kappa shape index (κ2) is 5.53. The maximum absolute atomic E-state index is 11.8. The van der Waals surface area contributed by atoms with E-state index in [0.29, 0.717) is 6.42 Å². The van der Waals surface area contributed by atoms with Gasteiger partial charge in [0.25, 0.3) is 0 Å². The summed E-state index contributed by atoms with van der Waals surface area (Å²) in [6.07, 6.45) is 2.08. The van der Waals surface area contributed by atoms with Crippen LogP contribution in [0.1, 0.15) is 48.0 Å².